The van der Waals surface area contributed by atoms with Crippen LogP contribution >= 0.6 is 11.6 Å². The summed E-state index contributed by atoms with van der Waals surface area (Å²) in [4.78, 5) is 12.8. The molecule has 0 aromatic heterocycles. The van der Waals surface area contributed by atoms with Gasteiger partial charge in [-0.25, -0.2) is 13.8 Å². The van der Waals surface area contributed by atoms with Gasteiger partial charge in [0.15, 0.2) is 11.5 Å². The van der Waals surface area contributed by atoms with Crippen molar-refractivity contribution in [2.75, 3.05) is 24.1 Å². The van der Waals surface area contributed by atoms with Gasteiger partial charge in [-0.15, -0.1) is 0 Å². The summed E-state index contributed by atoms with van der Waals surface area (Å²) in [6.07, 6.45) is 1.43. The number of para-hydroxylation sites is 1. The predicted octanol–water partition coefficient (Wildman–Crippen LogP) is 3.77. The predicted molar refractivity (Wildman–Crippen MR) is 130 cm³/mol. The number of carbonyl (C=O) groups excluding carboxylic acids is 1. The van der Waals surface area contributed by atoms with Crippen molar-refractivity contribution in [3.63, 3.8) is 0 Å². The first-order chi connectivity index (χ1) is 16.4. The monoisotopic (exact) mass is 499 g/mol. The highest BCUT2D eigenvalue weighted by Gasteiger charge is 2.28. The van der Waals surface area contributed by atoms with Crippen molar-refractivity contribution in [3.8, 4) is 11.5 Å². The van der Waals surface area contributed by atoms with Gasteiger partial charge in [0.2, 0.25) is 0 Å². The molecule has 0 saturated heterocycles. The highest BCUT2D eigenvalue weighted by molar-refractivity contribution is 7.92. The lowest BCUT2D eigenvalue weighted by Crippen LogP contribution is -2.40. The van der Waals surface area contributed by atoms with Crippen LogP contribution in [0.25, 0.3) is 0 Å². The van der Waals surface area contributed by atoms with Crippen molar-refractivity contribution < 1.29 is 22.7 Å². The minimum atomic E-state index is -4.03. The van der Waals surface area contributed by atoms with E-state index in [0.717, 1.165) is 4.31 Å². The van der Waals surface area contributed by atoms with Crippen LogP contribution in [0.1, 0.15) is 11.1 Å². The van der Waals surface area contributed by atoms with Crippen molar-refractivity contribution >= 4 is 39.4 Å². The summed E-state index contributed by atoms with van der Waals surface area (Å²) in [5.74, 6) is 0.517. The quantitative estimate of drug-likeness (QED) is 0.394. The fourth-order valence-corrected chi connectivity index (χ4v) is 5.19. The Kier molecular flexibility index (Phi) is 7.04. The molecule has 0 fully saturated rings. The van der Waals surface area contributed by atoms with Crippen LogP contribution in [0.15, 0.2) is 76.7 Å². The molecule has 8 nitrogen and oxygen atoms in total. The lowest BCUT2D eigenvalue weighted by molar-refractivity contribution is -0.119. The molecule has 1 amide bonds. The molecule has 0 radical (unpaired) electrons. The van der Waals surface area contributed by atoms with Gasteiger partial charge in [0.25, 0.3) is 15.9 Å². The van der Waals surface area contributed by atoms with Crippen LogP contribution in [0.5, 0.6) is 11.5 Å². The third-order valence-electron chi connectivity index (χ3n) is 5.04. The molecule has 0 aliphatic carbocycles. The maximum Gasteiger partial charge on any atom is 0.264 e. The van der Waals surface area contributed by atoms with Crippen LogP contribution in [0.3, 0.4) is 0 Å². The number of carbonyl (C=O) groups is 1. The molecule has 0 atom stereocenters. The number of hydrogen-bond donors (Lipinski definition) is 1. The minimum Gasteiger partial charge on any atom is -0.486 e. The molecule has 0 saturated carbocycles. The van der Waals surface area contributed by atoms with Gasteiger partial charge in [0.05, 0.1) is 16.8 Å². The minimum absolute atomic E-state index is 0.0636. The second-order valence-corrected chi connectivity index (χ2v) is 9.72. The molecule has 176 valence electrons. The van der Waals surface area contributed by atoms with Crippen LogP contribution in [-0.4, -0.2) is 40.3 Å². The molecule has 1 heterocycles. The molecule has 34 heavy (non-hydrogen) atoms. The van der Waals surface area contributed by atoms with E-state index >= 15 is 0 Å². The van der Waals surface area contributed by atoms with Gasteiger partial charge in [0, 0.05) is 10.6 Å². The van der Waals surface area contributed by atoms with Crippen LogP contribution in [0.4, 0.5) is 5.69 Å². The highest BCUT2D eigenvalue weighted by atomic mass is 35.5. The van der Waals surface area contributed by atoms with E-state index in [2.05, 4.69) is 10.5 Å². The van der Waals surface area contributed by atoms with Gasteiger partial charge in [-0.1, -0.05) is 35.9 Å². The standard InChI is InChI=1S/C24H22ClN3O5S/c1-17-14-19(25)10-11-21(17)28(34(30,31)20-7-3-2-4-8-20)16-23(29)27-26-15-18-6-5-9-22-24(18)33-13-12-32-22/h2-11,14-15H,12-13,16H2,1H3,(H,27,29)/b26-15+. The number of hydrazone groups is 1. The van der Waals surface area contributed by atoms with Gasteiger partial charge in [0.1, 0.15) is 19.8 Å². The fraction of sp³-hybridized carbons (Fsp3) is 0.167. The summed E-state index contributed by atoms with van der Waals surface area (Å²) in [7, 11) is -4.03. The summed E-state index contributed by atoms with van der Waals surface area (Å²) >= 11 is 6.05. The van der Waals surface area contributed by atoms with E-state index in [0.29, 0.717) is 46.5 Å². The Balaban J connectivity index is 1.57. The van der Waals surface area contributed by atoms with Gasteiger partial charge in [-0.3, -0.25) is 9.10 Å². The average Bonchev–Trinajstić information content (AvgIpc) is 2.83. The molecule has 1 aliphatic heterocycles. The number of aryl methyl sites for hydroxylation is 1. The van der Waals surface area contributed by atoms with Gasteiger partial charge in [-0.2, -0.15) is 5.10 Å². The lowest BCUT2D eigenvalue weighted by atomic mass is 10.2. The third-order valence-corrected chi connectivity index (χ3v) is 7.04. The van der Waals surface area contributed by atoms with Crippen molar-refractivity contribution in [2.45, 2.75) is 11.8 Å². The van der Waals surface area contributed by atoms with E-state index in [-0.39, 0.29) is 4.90 Å². The molecule has 1 N–H and O–H groups in total. The van der Waals surface area contributed by atoms with Crippen LogP contribution in [0, 0.1) is 6.92 Å². The number of rotatable bonds is 7. The zero-order valence-electron chi connectivity index (χ0n) is 18.3. The normalized spacial score (nSPS) is 13.0. The zero-order valence-corrected chi connectivity index (χ0v) is 19.8. The van der Waals surface area contributed by atoms with Crippen LogP contribution in [0.2, 0.25) is 5.02 Å². The first-order valence-electron chi connectivity index (χ1n) is 10.4. The maximum absolute atomic E-state index is 13.4. The molecule has 0 bridgehead atoms. The Morgan fingerprint density at radius 1 is 1.09 bits per heavy atom. The van der Waals surface area contributed by atoms with Crippen molar-refractivity contribution in [2.24, 2.45) is 5.10 Å². The Bertz CT molecular complexity index is 1330. The van der Waals surface area contributed by atoms with E-state index in [1.807, 2.05) is 0 Å². The SMILES string of the molecule is Cc1cc(Cl)ccc1N(CC(=O)N/N=C/c1cccc2c1OCCO2)S(=O)(=O)c1ccccc1. The number of amides is 1. The van der Waals surface area contributed by atoms with E-state index < -0.39 is 22.5 Å². The van der Waals surface area contributed by atoms with E-state index in [1.54, 1.807) is 61.5 Å². The molecule has 3 aromatic carbocycles. The number of benzene rings is 3. The molecule has 0 unspecified atom stereocenters. The number of hydrogen-bond acceptors (Lipinski definition) is 6. The summed E-state index contributed by atoms with van der Waals surface area (Å²) in [6.45, 7) is 2.12. The highest BCUT2D eigenvalue weighted by Crippen LogP contribution is 2.32. The molecule has 10 heteroatoms. The van der Waals surface area contributed by atoms with Crippen molar-refractivity contribution in [1.82, 2.24) is 5.43 Å². The summed E-state index contributed by atoms with van der Waals surface area (Å²) in [5.41, 5.74) is 3.97. The number of halogens is 1. The van der Waals surface area contributed by atoms with Crippen LogP contribution in [-0.2, 0) is 14.8 Å². The molecule has 0 spiro atoms. The third kappa shape index (κ3) is 5.16. The summed E-state index contributed by atoms with van der Waals surface area (Å²) < 4.78 is 39.0. The number of nitrogens with one attached hydrogen (secondary N) is 1. The molecular weight excluding hydrogens is 478 g/mol. The summed E-state index contributed by atoms with van der Waals surface area (Å²) in [5, 5.41) is 4.45. The van der Waals surface area contributed by atoms with E-state index in [4.69, 9.17) is 21.1 Å². The number of fused-ring (bicyclic) bond motifs is 1. The molecule has 3 aromatic rings. The maximum atomic E-state index is 13.4. The number of anilines is 1. The zero-order chi connectivity index (χ0) is 24.1. The van der Waals surface area contributed by atoms with Crippen LogP contribution < -0.4 is 19.2 Å². The van der Waals surface area contributed by atoms with Crippen molar-refractivity contribution in [1.29, 1.82) is 0 Å². The van der Waals surface area contributed by atoms with E-state index in [1.165, 1.54) is 18.3 Å². The lowest BCUT2D eigenvalue weighted by Gasteiger charge is -2.25. The number of nitrogens with zero attached hydrogens (tertiary/aromatic N) is 2. The average molecular weight is 500 g/mol. The Morgan fingerprint density at radius 3 is 2.62 bits per heavy atom. The second-order valence-electron chi connectivity index (χ2n) is 7.42. The Hall–Kier alpha value is -3.56. The Morgan fingerprint density at radius 2 is 1.85 bits per heavy atom. The molecule has 1 aliphatic rings. The number of sulfonamides is 1. The van der Waals surface area contributed by atoms with Gasteiger partial charge < -0.3 is 9.47 Å². The second kappa shape index (κ2) is 10.1. The summed E-state index contributed by atoms with van der Waals surface area (Å²) in [6, 6.07) is 18.0. The fourth-order valence-electron chi connectivity index (χ4n) is 3.46. The van der Waals surface area contributed by atoms with Crippen molar-refractivity contribution in [3.05, 3.63) is 82.9 Å². The van der Waals surface area contributed by atoms with E-state index in [9.17, 15) is 13.2 Å². The largest absolute Gasteiger partial charge is 0.486 e. The Labute approximate surface area is 202 Å². The molecular formula is C24H22ClN3O5S. The molecule has 4 rings (SSSR count). The smallest absolute Gasteiger partial charge is 0.264 e. The van der Waals surface area contributed by atoms with Gasteiger partial charge >= 0.3 is 0 Å². The topological polar surface area (TPSA) is 97.3 Å². The van der Waals surface area contributed by atoms with Gasteiger partial charge in [-0.05, 0) is 55.0 Å². The first kappa shape index (κ1) is 23.6. The first-order valence-corrected chi connectivity index (χ1v) is 12.2. The number of ether oxygens (including phenoxy) is 2.